The number of aromatic amines is 1. The molecule has 0 aliphatic carbocycles. The minimum Gasteiger partial charge on any atom is -0.481 e. The molecule has 0 spiro atoms. The lowest BCUT2D eigenvalue weighted by Crippen LogP contribution is -2.25. The second-order valence-electron chi connectivity index (χ2n) is 6.23. The SMILES string of the molecule is CCCC(C(=O)O)C(Cc1ccc(C2=CCNC2)nc1)c1nn[nH]n1. The summed E-state index contributed by atoms with van der Waals surface area (Å²) in [5.41, 5.74) is 3.11. The maximum Gasteiger partial charge on any atom is 0.307 e. The molecule has 0 aromatic carbocycles. The van der Waals surface area contributed by atoms with Crippen LogP contribution in [0.15, 0.2) is 24.4 Å². The molecular formula is C17H22N6O2. The van der Waals surface area contributed by atoms with Gasteiger partial charge in [-0.1, -0.05) is 30.7 Å². The molecule has 0 saturated carbocycles. The number of hydrogen-bond acceptors (Lipinski definition) is 6. The lowest BCUT2D eigenvalue weighted by molar-refractivity contribution is -0.142. The lowest BCUT2D eigenvalue weighted by atomic mass is 9.83. The van der Waals surface area contributed by atoms with Crippen LogP contribution in [-0.4, -0.2) is 49.8 Å². The summed E-state index contributed by atoms with van der Waals surface area (Å²) in [5, 5.41) is 27.0. The summed E-state index contributed by atoms with van der Waals surface area (Å²) < 4.78 is 0. The minimum absolute atomic E-state index is 0.337. The van der Waals surface area contributed by atoms with Crippen molar-refractivity contribution in [2.45, 2.75) is 32.1 Å². The molecule has 3 N–H and O–H groups in total. The number of carboxylic acids is 1. The van der Waals surface area contributed by atoms with Gasteiger partial charge in [0.05, 0.1) is 11.6 Å². The highest BCUT2D eigenvalue weighted by Crippen LogP contribution is 2.30. The van der Waals surface area contributed by atoms with Crippen LogP contribution in [0.1, 0.15) is 42.8 Å². The first-order valence-electron chi connectivity index (χ1n) is 8.50. The standard InChI is InChI=1S/C17H22N6O2/c1-2-3-13(17(24)25)14(16-20-22-23-21-16)8-11-4-5-15(19-9-11)12-6-7-18-10-12/h4-6,9,13-14,18H,2-3,7-8,10H2,1H3,(H,24,25)(H,20,21,22,23). The van der Waals surface area contributed by atoms with Gasteiger partial charge in [-0.3, -0.25) is 9.78 Å². The van der Waals surface area contributed by atoms with Crippen molar-refractivity contribution in [3.63, 3.8) is 0 Å². The molecule has 3 rings (SSSR count). The Morgan fingerprint density at radius 3 is 2.84 bits per heavy atom. The van der Waals surface area contributed by atoms with Crippen LogP contribution in [0.3, 0.4) is 0 Å². The summed E-state index contributed by atoms with van der Waals surface area (Å²) in [7, 11) is 0. The maximum absolute atomic E-state index is 11.7. The van der Waals surface area contributed by atoms with Crippen molar-refractivity contribution >= 4 is 11.5 Å². The van der Waals surface area contributed by atoms with Gasteiger partial charge in [0, 0.05) is 25.2 Å². The smallest absolute Gasteiger partial charge is 0.307 e. The van der Waals surface area contributed by atoms with E-state index in [1.807, 2.05) is 25.3 Å². The fourth-order valence-electron chi connectivity index (χ4n) is 3.21. The van der Waals surface area contributed by atoms with Gasteiger partial charge in [0.1, 0.15) is 0 Å². The van der Waals surface area contributed by atoms with Crippen LogP contribution in [0, 0.1) is 5.92 Å². The molecule has 0 fully saturated rings. The zero-order chi connectivity index (χ0) is 17.6. The van der Waals surface area contributed by atoms with Crippen molar-refractivity contribution in [1.29, 1.82) is 0 Å². The highest BCUT2D eigenvalue weighted by molar-refractivity contribution is 5.71. The van der Waals surface area contributed by atoms with Gasteiger partial charge < -0.3 is 10.4 Å². The van der Waals surface area contributed by atoms with Crippen LogP contribution in [-0.2, 0) is 11.2 Å². The summed E-state index contributed by atoms with van der Waals surface area (Å²) in [4.78, 5) is 16.3. The zero-order valence-corrected chi connectivity index (χ0v) is 14.1. The van der Waals surface area contributed by atoms with E-state index in [1.54, 1.807) is 0 Å². The van der Waals surface area contributed by atoms with Gasteiger partial charge in [-0.25, -0.2) is 0 Å². The molecule has 0 radical (unpaired) electrons. The largest absolute Gasteiger partial charge is 0.481 e. The third-order valence-corrected chi connectivity index (χ3v) is 4.51. The Bertz CT molecular complexity index is 726. The van der Waals surface area contributed by atoms with Crippen LogP contribution >= 0.6 is 0 Å². The van der Waals surface area contributed by atoms with E-state index in [2.05, 4.69) is 37.0 Å². The van der Waals surface area contributed by atoms with E-state index in [-0.39, 0.29) is 5.92 Å². The average molecular weight is 342 g/mol. The quantitative estimate of drug-likeness (QED) is 0.664. The van der Waals surface area contributed by atoms with Gasteiger partial charge in [-0.15, -0.1) is 10.2 Å². The first-order chi connectivity index (χ1) is 12.2. The molecular weight excluding hydrogens is 320 g/mol. The summed E-state index contributed by atoms with van der Waals surface area (Å²) >= 11 is 0. The first-order valence-corrected chi connectivity index (χ1v) is 8.50. The Hall–Kier alpha value is -2.61. The van der Waals surface area contributed by atoms with Crippen molar-refractivity contribution in [2.75, 3.05) is 13.1 Å². The van der Waals surface area contributed by atoms with Gasteiger partial charge in [-0.05, 0) is 30.0 Å². The molecule has 3 heterocycles. The zero-order valence-electron chi connectivity index (χ0n) is 14.1. The highest BCUT2D eigenvalue weighted by Gasteiger charge is 2.32. The van der Waals surface area contributed by atoms with Crippen LogP contribution in [0.5, 0.6) is 0 Å². The highest BCUT2D eigenvalue weighted by atomic mass is 16.4. The molecule has 2 unspecified atom stereocenters. The predicted molar refractivity (Wildman–Crippen MR) is 91.7 cm³/mol. The second-order valence-corrected chi connectivity index (χ2v) is 6.23. The van der Waals surface area contributed by atoms with E-state index in [9.17, 15) is 9.90 Å². The number of tetrazole rings is 1. The van der Waals surface area contributed by atoms with Gasteiger partial charge in [0.15, 0.2) is 5.82 Å². The molecule has 2 aromatic rings. The van der Waals surface area contributed by atoms with Gasteiger partial charge in [-0.2, -0.15) is 5.21 Å². The molecule has 2 atom stereocenters. The number of carbonyl (C=O) groups is 1. The molecule has 25 heavy (non-hydrogen) atoms. The third kappa shape index (κ3) is 4.08. The number of aromatic nitrogens is 5. The van der Waals surface area contributed by atoms with Crippen LogP contribution in [0.25, 0.3) is 5.57 Å². The predicted octanol–water partition coefficient (Wildman–Crippen LogP) is 1.41. The van der Waals surface area contributed by atoms with Crippen molar-refractivity contribution in [3.8, 4) is 0 Å². The first kappa shape index (κ1) is 17.2. The van der Waals surface area contributed by atoms with Crippen molar-refractivity contribution in [1.82, 2.24) is 30.9 Å². The van der Waals surface area contributed by atoms with E-state index >= 15 is 0 Å². The van der Waals surface area contributed by atoms with Gasteiger partial charge in [0.25, 0.3) is 0 Å². The Morgan fingerprint density at radius 2 is 2.28 bits per heavy atom. The molecule has 0 amide bonds. The number of rotatable bonds is 8. The molecule has 1 aliphatic heterocycles. The molecule has 0 bridgehead atoms. The fourth-order valence-corrected chi connectivity index (χ4v) is 3.21. The van der Waals surface area contributed by atoms with Crippen LogP contribution in [0.2, 0.25) is 0 Å². The number of H-pyrrole nitrogens is 1. The number of aliphatic carboxylic acids is 1. The molecule has 0 saturated heterocycles. The minimum atomic E-state index is -0.830. The number of nitrogens with one attached hydrogen (secondary N) is 2. The number of carboxylic acid groups (broad SMARTS) is 1. The normalized spacial score (nSPS) is 16.4. The van der Waals surface area contributed by atoms with E-state index in [0.29, 0.717) is 18.7 Å². The molecule has 1 aliphatic rings. The third-order valence-electron chi connectivity index (χ3n) is 4.51. The van der Waals surface area contributed by atoms with Crippen LogP contribution in [0.4, 0.5) is 0 Å². The molecule has 2 aromatic heterocycles. The van der Waals surface area contributed by atoms with E-state index in [0.717, 1.165) is 30.8 Å². The Kier molecular flexibility index (Phi) is 5.49. The average Bonchev–Trinajstić information content (AvgIpc) is 3.31. The summed E-state index contributed by atoms with van der Waals surface area (Å²) in [5.74, 6) is -1.28. The van der Waals surface area contributed by atoms with E-state index in [4.69, 9.17) is 0 Å². The maximum atomic E-state index is 11.7. The number of pyridine rings is 1. The topological polar surface area (TPSA) is 117 Å². The molecule has 8 nitrogen and oxygen atoms in total. The Balaban J connectivity index is 1.81. The van der Waals surface area contributed by atoms with E-state index < -0.39 is 11.9 Å². The second kappa shape index (κ2) is 7.98. The Labute approximate surface area is 145 Å². The van der Waals surface area contributed by atoms with Crippen molar-refractivity contribution in [3.05, 3.63) is 41.5 Å². The number of nitrogens with zero attached hydrogens (tertiary/aromatic N) is 4. The molecule has 8 heteroatoms. The summed E-state index contributed by atoms with van der Waals surface area (Å²) in [6, 6.07) is 3.98. The van der Waals surface area contributed by atoms with Gasteiger partial charge in [0.2, 0.25) is 0 Å². The number of hydrogen-bond donors (Lipinski definition) is 3. The molecule has 132 valence electrons. The summed E-state index contributed by atoms with van der Waals surface area (Å²) in [6.45, 7) is 3.67. The lowest BCUT2D eigenvalue weighted by Gasteiger charge is -2.21. The van der Waals surface area contributed by atoms with Crippen molar-refractivity contribution in [2.24, 2.45) is 5.92 Å². The Morgan fingerprint density at radius 1 is 1.40 bits per heavy atom. The van der Waals surface area contributed by atoms with Crippen molar-refractivity contribution < 1.29 is 9.90 Å². The monoisotopic (exact) mass is 342 g/mol. The van der Waals surface area contributed by atoms with Gasteiger partial charge >= 0.3 is 5.97 Å². The van der Waals surface area contributed by atoms with Crippen LogP contribution < -0.4 is 5.32 Å². The summed E-state index contributed by atoms with van der Waals surface area (Å²) in [6.07, 6.45) is 5.81. The van der Waals surface area contributed by atoms with E-state index in [1.165, 1.54) is 5.57 Å². The fraction of sp³-hybridized carbons (Fsp3) is 0.471.